The van der Waals surface area contributed by atoms with Crippen molar-refractivity contribution in [2.24, 2.45) is 0 Å². The number of allylic oxidation sites excluding steroid dienone is 1. The van der Waals surface area contributed by atoms with Gasteiger partial charge in [-0.3, -0.25) is 0 Å². The van der Waals surface area contributed by atoms with Crippen LogP contribution in [0.5, 0.6) is 0 Å². The standard InChI is InChI=1S/C13H18ClN3/c1-10-9-16-13(14)17-12(10)15-8-7-11-5-3-2-4-6-11/h5,9H,2-4,6-8H2,1H3,(H,15,16,17). The molecule has 1 aliphatic carbocycles. The van der Waals surface area contributed by atoms with Crippen molar-refractivity contribution >= 4 is 17.4 Å². The molecule has 0 bridgehead atoms. The van der Waals surface area contributed by atoms with Crippen LogP contribution in [0.3, 0.4) is 0 Å². The summed E-state index contributed by atoms with van der Waals surface area (Å²) in [5, 5.41) is 3.63. The van der Waals surface area contributed by atoms with Crippen molar-refractivity contribution in [3.05, 3.63) is 28.7 Å². The first kappa shape index (κ1) is 12.4. The van der Waals surface area contributed by atoms with Gasteiger partial charge in [-0.25, -0.2) is 9.97 Å². The van der Waals surface area contributed by atoms with Crippen molar-refractivity contribution in [1.82, 2.24) is 9.97 Å². The van der Waals surface area contributed by atoms with Crippen LogP contribution in [0.4, 0.5) is 5.82 Å². The van der Waals surface area contributed by atoms with E-state index in [1.165, 1.54) is 25.7 Å². The molecule has 1 aromatic rings. The zero-order valence-corrected chi connectivity index (χ0v) is 10.9. The molecule has 92 valence electrons. The molecule has 0 atom stereocenters. The predicted molar refractivity (Wildman–Crippen MR) is 71.4 cm³/mol. The van der Waals surface area contributed by atoms with Gasteiger partial charge >= 0.3 is 0 Å². The molecule has 0 fully saturated rings. The van der Waals surface area contributed by atoms with Gasteiger partial charge < -0.3 is 5.32 Å². The first-order chi connectivity index (χ1) is 8.25. The molecule has 0 aromatic carbocycles. The Morgan fingerprint density at radius 1 is 1.41 bits per heavy atom. The van der Waals surface area contributed by atoms with Gasteiger partial charge in [-0.15, -0.1) is 0 Å². The third-order valence-corrected chi connectivity index (χ3v) is 3.25. The highest BCUT2D eigenvalue weighted by atomic mass is 35.5. The van der Waals surface area contributed by atoms with Crippen LogP contribution >= 0.6 is 11.6 Å². The highest BCUT2D eigenvalue weighted by Crippen LogP contribution is 2.20. The molecule has 4 heteroatoms. The van der Waals surface area contributed by atoms with Crippen molar-refractivity contribution in [3.63, 3.8) is 0 Å². The molecule has 2 rings (SSSR count). The van der Waals surface area contributed by atoms with Gasteiger partial charge in [-0.2, -0.15) is 0 Å². The molecule has 1 N–H and O–H groups in total. The van der Waals surface area contributed by atoms with Crippen LogP contribution in [-0.2, 0) is 0 Å². The lowest BCUT2D eigenvalue weighted by molar-refractivity contribution is 0.679. The lowest BCUT2D eigenvalue weighted by Crippen LogP contribution is -2.07. The molecule has 0 amide bonds. The van der Waals surface area contributed by atoms with E-state index in [0.717, 1.165) is 24.3 Å². The number of anilines is 1. The fraction of sp³-hybridized carbons (Fsp3) is 0.538. The number of halogens is 1. The third kappa shape index (κ3) is 3.70. The Morgan fingerprint density at radius 2 is 2.29 bits per heavy atom. The average molecular weight is 252 g/mol. The van der Waals surface area contributed by atoms with Gasteiger partial charge in [0.25, 0.3) is 0 Å². The molecule has 17 heavy (non-hydrogen) atoms. The Hall–Kier alpha value is -1.09. The van der Waals surface area contributed by atoms with Gasteiger partial charge in [0.2, 0.25) is 5.28 Å². The number of nitrogens with zero attached hydrogens (tertiary/aromatic N) is 2. The van der Waals surface area contributed by atoms with Crippen LogP contribution in [0.15, 0.2) is 17.8 Å². The summed E-state index contributed by atoms with van der Waals surface area (Å²) >= 11 is 5.77. The summed E-state index contributed by atoms with van der Waals surface area (Å²) in [5.74, 6) is 0.849. The quantitative estimate of drug-likeness (QED) is 0.654. The minimum atomic E-state index is 0.301. The number of aromatic nitrogens is 2. The van der Waals surface area contributed by atoms with E-state index >= 15 is 0 Å². The second-order valence-electron chi connectivity index (χ2n) is 4.46. The Kier molecular flexibility index (Phi) is 4.37. The van der Waals surface area contributed by atoms with E-state index in [4.69, 9.17) is 11.6 Å². The van der Waals surface area contributed by atoms with E-state index in [9.17, 15) is 0 Å². The van der Waals surface area contributed by atoms with Gasteiger partial charge in [-0.1, -0.05) is 11.6 Å². The van der Waals surface area contributed by atoms with Crippen molar-refractivity contribution < 1.29 is 0 Å². The van der Waals surface area contributed by atoms with E-state index in [-0.39, 0.29) is 0 Å². The summed E-state index contributed by atoms with van der Waals surface area (Å²) < 4.78 is 0. The summed E-state index contributed by atoms with van der Waals surface area (Å²) in [6.45, 7) is 2.90. The Bertz CT molecular complexity index is 415. The largest absolute Gasteiger partial charge is 0.369 e. The molecule has 0 aliphatic heterocycles. The highest BCUT2D eigenvalue weighted by Gasteiger charge is 2.05. The van der Waals surface area contributed by atoms with Gasteiger partial charge in [0.05, 0.1) is 0 Å². The van der Waals surface area contributed by atoms with Gasteiger partial charge in [-0.05, 0) is 50.6 Å². The smallest absolute Gasteiger partial charge is 0.224 e. The van der Waals surface area contributed by atoms with Crippen molar-refractivity contribution in [2.45, 2.75) is 39.0 Å². The SMILES string of the molecule is Cc1cnc(Cl)nc1NCCC1=CCCCC1. The summed E-state index contributed by atoms with van der Waals surface area (Å²) in [6, 6.07) is 0. The molecular formula is C13H18ClN3. The molecule has 0 radical (unpaired) electrons. The maximum Gasteiger partial charge on any atom is 0.224 e. The number of rotatable bonds is 4. The van der Waals surface area contributed by atoms with Crippen molar-refractivity contribution in [2.75, 3.05) is 11.9 Å². The molecule has 1 aliphatic rings. The number of hydrogen-bond acceptors (Lipinski definition) is 3. The number of hydrogen-bond donors (Lipinski definition) is 1. The zero-order chi connectivity index (χ0) is 12.1. The van der Waals surface area contributed by atoms with Gasteiger partial charge in [0.15, 0.2) is 0 Å². The first-order valence-electron chi connectivity index (χ1n) is 6.16. The second-order valence-corrected chi connectivity index (χ2v) is 4.79. The minimum Gasteiger partial charge on any atom is -0.369 e. The predicted octanol–water partition coefficient (Wildman–Crippen LogP) is 3.74. The molecule has 1 aromatic heterocycles. The van der Waals surface area contributed by atoms with E-state index in [1.807, 2.05) is 6.92 Å². The topological polar surface area (TPSA) is 37.8 Å². The maximum atomic E-state index is 5.77. The zero-order valence-electron chi connectivity index (χ0n) is 10.2. The van der Waals surface area contributed by atoms with Crippen LogP contribution in [0.1, 0.15) is 37.7 Å². The third-order valence-electron chi connectivity index (χ3n) is 3.07. The summed E-state index contributed by atoms with van der Waals surface area (Å²) in [4.78, 5) is 8.12. The van der Waals surface area contributed by atoms with Crippen LogP contribution in [0, 0.1) is 6.92 Å². The monoisotopic (exact) mass is 251 g/mol. The van der Waals surface area contributed by atoms with Gasteiger partial charge in [0, 0.05) is 18.3 Å². The first-order valence-corrected chi connectivity index (χ1v) is 6.54. The van der Waals surface area contributed by atoms with Gasteiger partial charge in [0.1, 0.15) is 5.82 Å². The lowest BCUT2D eigenvalue weighted by Gasteiger charge is -2.13. The van der Waals surface area contributed by atoms with E-state index in [1.54, 1.807) is 11.8 Å². The fourth-order valence-corrected chi connectivity index (χ4v) is 2.21. The molecule has 1 heterocycles. The molecule has 3 nitrogen and oxygen atoms in total. The summed E-state index contributed by atoms with van der Waals surface area (Å²) in [5.41, 5.74) is 2.61. The number of nitrogens with one attached hydrogen (secondary N) is 1. The summed E-state index contributed by atoms with van der Waals surface area (Å²) in [6.07, 6.45) is 10.4. The van der Waals surface area contributed by atoms with E-state index in [2.05, 4.69) is 21.4 Å². The maximum absolute atomic E-state index is 5.77. The van der Waals surface area contributed by atoms with Crippen LogP contribution < -0.4 is 5.32 Å². The molecular weight excluding hydrogens is 234 g/mol. The molecule has 0 saturated heterocycles. The normalized spacial score (nSPS) is 15.5. The average Bonchev–Trinajstić information content (AvgIpc) is 2.35. The summed E-state index contributed by atoms with van der Waals surface area (Å²) in [7, 11) is 0. The van der Waals surface area contributed by atoms with E-state index in [0.29, 0.717) is 5.28 Å². The van der Waals surface area contributed by atoms with Crippen LogP contribution in [0.2, 0.25) is 5.28 Å². The molecule has 0 unspecified atom stereocenters. The highest BCUT2D eigenvalue weighted by molar-refractivity contribution is 6.28. The van der Waals surface area contributed by atoms with Crippen LogP contribution in [-0.4, -0.2) is 16.5 Å². The molecule has 0 saturated carbocycles. The Morgan fingerprint density at radius 3 is 3.06 bits per heavy atom. The fourth-order valence-electron chi connectivity index (χ4n) is 2.07. The van der Waals surface area contributed by atoms with Crippen molar-refractivity contribution in [1.29, 1.82) is 0 Å². The van der Waals surface area contributed by atoms with Crippen molar-refractivity contribution in [3.8, 4) is 0 Å². The second kappa shape index (κ2) is 6.01. The number of aryl methyl sites for hydroxylation is 1. The molecule has 0 spiro atoms. The minimum absolute atomic E-state index is 0.301. The lowest BCUT2D eigenvalue weighted by atomic mass is 9.97. The van der Waals surface area contributed by atoms with E-state index < -0.39 is 0 Å². The Labute approximate surface area is 107 Å². The Balaban J connectivity index is 1.85. The van der Waals surface area contributed by atoms with Crippen LogP contribution in [0.25, 0.3) is 0 Å².